The van der Waals surface area contributed by atoms with Crippen LogP contribution in [0.15, 0.2) is 18.2 Å². The van der Waals surface area contributed by atoms with Crippen molar-refractivity contribution in [1.29, 1.82) is 0 Å². The van der Waals surface area contributed by atoms with Gasteiger partial charge < -0.3 is 10.1 Å². The van der Waals surface area contributed by atoms with E-state index in [1.807, 2.05) is 32.0 Å². The molecule has 0 spiro atoms. The van der Waals surface area contributed by atoms with Crippen molar-refractivity contribution in [1.82, 2.24) is 5.32 Å². The third-order valence-electron chi connectivity index (χ3n) is 3.18. The van der Waals surface area contributed by atoms with E-state index in [2.05, 4.69) is 10.1 Å². The fourth-order valence-electron chi connectivity index (χ4n) is 2.05. The molecular formula is C15H21NO3. The van der Waals surface area contributed by atoms with Crippen LogP contribution in [0.2, 0.25) is 0 Å². The first-order valence-electron chi connectivity index (χ1n) is 6.35. The SMILES string of the molecule is CNC(CCC(=O)OC)C(=O)c1ccc(C)cc1C. The summed E-state index contributed by atoms with van der Waals surface area (Å²) in [7, 11) is 3.08. The van der Waals surface area contributed by atoms with Gasteiger partial charge in [-0.15, -0.1) is 0 Å². The predicted molar refractivity (Wildman–Crippen MR) is 74.3 cm³/mol. The van der Waals surface area contributed by atoms with Crippen LogP contribution in [0, 0.1) is 13.8 Å². The molecule has 1 unspecified atom stereocenters. The maximum Gasteiger partial charge on any atom is 0.305 e. The van der Waals surface area contributed by atoms with Crippen molar-refractivity contribution in [2.24, 2.45) is 0 Å². The molecule has 0 fully saturated rings. The minimum Gasteiger partial charge on any atom is -0.469 e. The number of ether oxygens (including phenoxy) is 1. The summed E-state index contributed by atoms with van der Waals surface area (Å²) in [6.45, 7) is 3.92. The van der Waals surface area contributed by atoms with Gasteiger partial charge in [0, 0.05) is 12.0 Å². The Kier molecular flexibility index (Phi) is 5.70. The highest BCUT2D eigenvalue weighted by Gasteiger charge is 2.20. The number of rotatable bonds is 6. The Morgan fingerprint density at radius 2 is 2.00 bits per heavy atom. The predicted octanol–water partition coefficient (Wildman–Crippen LogP) is 2.03. The Morgan fingerprint density at radius 1 is 1.32 bits per heavy atom. The molecule has 0 heterocycles. The zero-order valence-electron chi connectivity index (χ0n) is 11.9. The lowest BCUT2D eigenvalue weighted by atomic mass is 9.95. The molecule has 104 valence electrons. The minimum absolute atomic E-state index is 0.0175. The van der Waals surface area contributed by atoms with Crippen LogP contribution in [0.25, 0.3) is 0 Å². The van der Waals surface area contributed by atoms with E-state index >= 15 is 0 Å². The molecule has 1 atom stereocenters. The number of carbonyl (C=O) groups is 2. The average Bonchev–Trinajstić information content (AvgIpc) is 2.38. The Hall–Kier alpha value is -1.68. The molecular weight excluding hydrogens is 242 g/mol. The number of carbonyl (C=O) groups excluding carboxylic acids is 2. The molecule has 1 N–H and O–H groups in total. The molecule has 0 aliphatic heterocycles. The van der Waals surface area contributed by atoms with Crippen molar-refractivity contribution in [3.05, 3.63) is 34.9 Å². The maximum atomic E-state index is 12.4. The highest BCUT2D eigenvalue weighted by Crippen LogP contribution is 2.14. The molecule has 0 aromatic heterocycles. The molecule has 4 nitrogen and oxygen atoms in total. The minimum atomic E-state index is -0.361. The molecule has 1 aromatic rings. The van der Waals surface area contributed by atoms with Crippen LogP contribution in [0.4, 0.5) is 0 Å². The number of esters is 1. The van der Waals surface area contributed by atoms with Gasteiger partial charge in [0.15, 0.2) is 5.78 Å². The molecule has 0 aliphatic carbocycles. The number of likely N-dealkylation sites (N-methyl/N-ethyl adjacent to an activating group) is 1. The van der Waals surface area contributed by atoms with E-state index in [0.717, 1.165) is 11.1 Å². The van der Waals surface area contributed by atoms with Crippen LogP contribution >= 0.6 is 0 Å². The summed E-state index contributed by atoms with van der Waals surface area (Å²) in [5.74, 6) is -0.280. The first-order chi connectivity index (χ1) is 8.99. The van der Waals surface area contributed by atoms with Crippen LogP contribution in [-0.2, 0) is 9.53 Å². The second-order valence-corrected chi connectivity index (χ2v) is 4.64. The van der Waals surface area contributed by atoms with Crippen molar-refractivity contribution in [3.63, 3.8) is 0 Å². The van der Waals surface area contributed by atoms with Gasteiger partial charge >= 0.3 is 5.97 Å². The molecule has 0 aliphatic rings. The third kappa shape index (κ3) is 4.17. The van der Waals surface area contributed by atoms with E-state index < -0.39 is 0 Å². The highest BCUT2D eigenvalue weighted by atomic mass is 16.5. The van der Waals surface area contributed by atoms with Crippen molar-refractivity contribution < 1.29 is 14.3 Å². The van der Waals surface area contributed by atoms with Gasteiger partial charge in [-0.3, -0.25) is 9.59 Å². The molecule has 0 saturated carbocycles. The van der Waals surface area contributed by atoms with Crippen molar-refractivity contribution >= 4 is 11.8 Å². The Morgan fingerprint density at radius 3 is 2.53 bits per heavy atom. The van der Waals surface area contributed by atoms with Crippen molar-refractivity contribution in [3.8, 4) is 0 Å². The Balaban J connectivity index is 2.80. The molecule has 19 heavy (non-hydrogen) atoms. The average molecular weight is 263 g/mol. The van der Waals surface area contributed by atoms with E-state index in [4.69, 9.17) is 0 Å². The summed E-state index contributed by atoms with van der Waals surface area (Å²) in [5.41, 5.74) is 2.79. The number of methoxy groups -OCH3 is 1. The lowest BCUT2D eigenvalue weighted by molar-refractivity contribution is -0.140. The first-order valence-corrected chi connectivity index (χ1v) is 6.35. The molecule has 0 bridgehead atoms. The highest BCUT2D eigenvalue weighted by molar-refractivity contribution is 6.01. The van der Waals surface area contributed by atoms with E-state index in [0.29, 0.717) is 12.0 Å². The zero-order valence-corrected chi connectivity index (χ0v) is 11.9. The molecule has 0 saturated heterocycles. The number of Topliss-reactive ketones (excluding diaryl/α,β-unsaturated/α-hetero) is 1. The van der Waals surface area contributed by atoms with Crippen LogP contribution < -0.4 is 5.32 Å². The third-order valence-corrected chi connectivity index (χ3v) is 3.18. The monoisotopic (exact) mass is 263 g/mol. The number of aryl methyl sites for hydroxylation is 2. The second-order valence-electron chi connectivity index (χ2n) is 4.64. The van der Waals surface area contributed by atoms with Gasteiger partial charge in [-0.05, 0) is 32.9 Å². The van der Waals surface area contributed by atoms with Crippen LogP contribution in [0.5, 0.6) is 0 Å². The smallest absolute Gasteiger partial charge is 0.305 e. The summed E-state index contributed by atoms with van der Waals surface area (Å²) in [6.07, 6.45) is 0.675. The van der Waals surface area contributed by atoms with E-state index in [1.54, 1.807) is 7.05 Å². The summed E-state index contributed by atoms with van der Waals surface area (Å²) >= 11 is 0. The lowest BCUT2D eigenvalue weighted by Crippen LogP contribution is -2.35. The summed E-state index contributed by atoms with van der Waals surface area (Å²) in [6, 6.07) is 5.39. The molecule has 1 aromatic carbocycles. The second kappa shape index (κ2) is 7.04. The van der Waals surface area contributed by atoms with Crippen molar-refractivity contribution in [2.45, 2.75) is 32.7 Å². The number of hydrogen-bond acceptors (Lipinski definition) is 4. The fraction of sp³-hybridized carbons (Fsp3) is 0.467. The largest absolute Gasteiger partial charge is 0.469 e. The zero-order chi connectivity index (χ0) is 14.4. The summed E-state index contributed by atoms with van der Waals surface area (Å²) in [4.78, 5) is 23.5. The first kappa shape index (κ1) is 15.4. The fourth-order valence-corrected chi connectivity index (χ4v) is 2.05. The van der Waals surface area contributed by atoms with Crippen molar-refractivity contribution in [2.75, 3.05) is 14.2 Å². The van der Waals surface area contributed by atoms with Gasteiger partial charge in [0.05, 0.1) is 13.2 Å². The number of benzene rings is 1. The topological polar surface area (TPSA) is 55.4 Å². The van der Waals surface area contributed by atoms with Gasteiger partial charge in [-0.2, -0.15) is 0 Å². The summed E-state index contributed by atoms with van der Waals surface area (Å²) in [5, 5.41) is 2.96. The molecule has 4 heteroatoms. The van der Waals surface area contributed by atoms with Crippen LogP contribution in [-0.4, -0.2) is 32.0 Å². The van der Waals surface area contributed by atoms with Crippen LogP contribution in [0.1, 0.15) is 34.3 Å². The van der Waals surface area contributed by atoms with E-state index in [9.17, 15) is 9.59 Å². The number of ketones is 1. The van der Waals surface area contributed by atoms with Gasteiger partial charge in [0.1, 0.15) is 0 Å². The molecule has 0 amide bonds. The maximum absolute atomic E-state index is 12.4. The normalized spacial score (nSPS) is 12.0. The molecule has 1 rings (SSSR count). The lowest BCUT2D eigenvalue weighted by Gasteiger charge is -2.16. The van der Waals surface area contributed by atoms with E-state index in [-0.39, 0.29) is 24.2 Å². The summed E-state index contributed by atoms with van der Waals surface area (Å²) < 4.78 is 4.59. The Bertz CT molecular complexity index is 468. The Labute approximate surface area is 114 Å². The number of hydrogen-bond donors (Lipinski definition) is 1. The standard InChI is InChI=1S/C15H21NO3/c1-10-5-6-12(11(2)9-10)15(18)13(16-3)7-8-14(17)19-4/h5-6,9,13,16H,7-8H2,1-4H3. The van der Waals surface area contributed by atoms with Gasteiger partial charge in [0.2, 0.25) is 0 Å². The number of nitrogens with one attached hydrogen (secondary N) is 1. The molecule has 0 radical (unpaired) electrons. The van der Waals surface area contributed by atoms with Gasteiger partial charge in [-0.1, -0.05) is 23.8 Å². The quantitative estimate of drug-likeness (QED) is 0.630. The van der Waals surface area contributed by atoms with Crippen LogP contribution in [0.3, 0.4) is 0 Å². The van der Waals surface area contributed by atoms with Gasteiger partial charge in [-0.25, -0.2) is 0 Å². The van der Waals surface area contributed by atoms with Gasteiger partial charge in [0.25, 0.3) is 0 Å². The van der Waals surface area contributed by atoms with E-state index in [1.165, 1.54) is 7.11 Å².